The average molecular weight is 451 g/mol. The Balaban J connectivity index is 1.93. The van der Waals surface area contributed by atoms with Gasteiger partial charge in [-0.3, -0.25) is 4.55 Å². The molecule has 1 unspecified atom stereocenters. The summed E-state index contributed by atoms with van der Waals surface area (Å²) in [5.74, 6) is 0. The van der Waals surface area contributed by atoms with Gasteiger partial charge in [0.25, 0.3) is 10.1 Å². The van der Waals surface area contributed by atoms with Crippen molar-refractivity contribution in [1.29, 1.82) is 0 Å². The van der Waals surface area contributed by atoms with Crippen molar-refractivity contribution >= 4 is 45.7 Å². The van der Waals surface area contributed by atoms with Crippen molar-refractivity contribution in [3.05, 3.63) is 109 Å². The third-order valence-electron chi connectivity index (χ3n) is 4.48. The molecule has 0 aliphatic heterocycles. The van der Waals surface area contributed by atoms with Crippen molar-refractivity contribution in [2.45, 2.75) is 14.7 Å². The van der Waals surface area contributed by atoms with E-state index >= 15 is 0 Å². The Bertz CT molecular complexity index is 1240. The number of hydrogen-bond acceptors (Lipinski definition) is 3. The molecule has 3 nitrogen and oxygen atoms in total. The summed E-state index contributed by atoms with van der Waals surface area (Å²) in [7, 11) is -5.56. The Labute approximate surface area is 182 Å². The van der Waals surface area contributed by atoms with Crippen LogP contribution >= 0.6 is 19.7 Å². The summed E-state index contributed by atoms with van der Waals surface area (Å²) in [4.78, 5) is 2.12. The summed E-state index contributed by atoms with van der Waals surface area (Å²) in [6, 6.07) is 34.7. The first-order chi connectivity index (χ1) is 14.5. The zero-order chi connectivity index (χ0) is 21.0. The Kier molecular flexibility index (Phi) is 6.35. The molecule has 1 atom stereocenters. The summed E-state index contributed by atoms with van der Waals surface area (Å²) >= 11 is 1.65. The molecule has 4 aromatic rings. The minimum atomic E-state index is -4.36. The van der Waals surface area contributed by atoms with Gasteiger partial charge in [0.05, 0.1) is 0 Å². The molecule has 30 heavy (non-hydrogen) atoms. The smallest absolute Gasteiger partial charge is 0.282 e. The lowest BCUT2D eigenvalue weighted by atomic mass is 10.3. The molecular formula is C24H19O3PS2. The topological polar surface area (TPSA) is 54.4 Å². The number of rotatable bonds is 6. The number of benzene rings is 4. The third-order valence-corrected chi connectivity index (χ3v) is 9.33. The van der Waals surface area contributed by atoms with Crippen LogP contribution in [-0.4, -0.2) is 13.0 Å². The molecule has 0 saturated heterocycles. The van der Waals surface area contributed by atoms with Crippen LogP contribution in [0.5, 0.6) is 0 Å². The van der Waals surface area contributed by atoms with Gasteiger partial charge >= 0.3 is 0 Å². The maximum Gasteiger partial charge on any atom is 0.295 e. The van der Waals surface area contributed by atoms with Crippen molar-refractivity contribution in [3.63, 3.8) is 0 Å². The van der Waals surface area contributed by atoms with Gasteiger partial charge in [-0.2, -0.15) is 8.42 Å². The minimum Gasteiger partial charge on any atom is -0.282 e. The van der Waals surface area contributed by atoms with E-state index in [2.05, 4.69) is 18.2 Å². The van der Waals surface area contributed by atoms with E-state index in [1.165, 1.54) is 6.07 Å². The summed E-state index contributed by atoms with van der Waals surface area (Å²) in [6.45, 7) is 0. The largest absolute Gasteiger partial charge is 0.295 e. The van der Waals surface area contributed by atoms with Gasteiger partial charge in [0.15, 0.2) is 0 Å². The van der Waals surface area contributed by atoms with E-state index in [4.69, 9.17) is 0 Å². The van der Waals surface area contributed by atoms with Crippen LogP contribution in [0, 0.1) is 0 Å². The predicted molar refractivity (Wildman–Crippen MR) is 126 cm³/mol. The van der Waals surface area contributed by atoms with Gasteiger partial charge in [-0.25, -0.2) is 0 Å². The minimum absolute atomic E-state index is 0.0421. The second-order valence-corrected chi connectivity index (χ2v) is 11.2. The molecule has 150 valence electrons. The number of hydrogen-bond donors (Lipinski definition) is 1. The zero-order valence-corrected chi connectivity index (χ0v) is 18.4. The third kappa shape index (κ3) is 4.66. The molecule has 4 rings (SSSR count). The van der Waals surface area contributed by atoms with Gasteiger partial charge in [-0.05, 0) is 42.8 Å². The van der Waals surface area contributed by atoms with Crippen LogP contribution in [0.1, 0.15) is 0 Å². The van der Waals surface area contributed by atoms with Crippen LogP contribution < -0.4 is 15.9 Å². The lowest BCUT2D eigenvalue weighted by Crippen LogP contribution is -2.25. The van der Waals surface area contributed by atoms with Gasteiger partial charge in [0, 0.05) is 15.1 Å². The molecule has 0 aliphatic rings. The van der Waals surface area contributed by atoms with Gasteiger partial charge in [-0.15, -0.1) is 0 Å². The second-order valence-electron chi connectivity index (χ2n) is 6.50. The van der Waals surface area contributed by atoms with E-state index in [0.29, 0.717) is 5.30 Å². The van der Waals surface area contributed by atoms with Crippen molar-refractivity contribution in [2.75, 3.05) is 0 Å². The maximum atomic E-state index is 12.2. The maximum absolute atomic E-state index is 12.2. The molecule has 0 spiro atoms. The normalized spacial score (nSPS) is 12.4. The van der Waals surface area contributed by atoms with E-state index in [9.17, 15) is 13.0 Å². The second kappa shape index (κ2) is 9.15. The summed E-state index contributed by atoms with van der Waals surface area (Å²) in [5.41, 5.74) is 0. The summed E-state index contributed by atoms with van der Waals surface area (Å²) in [5, 5.41) is 2.68. The van der Waals surface area contributed by atoms with E-state index in [1.54, 1.807) is 23.9 Å². The highest BCUT2D eigenvalue weighted by Gasteiger charge is 2.26. The van der Waals surface area contributed by atoms with Gasteiger partial charge in [-0.1, -0.05) is 96.7 Å². The highest BCUT2D eigenvalue weighted by atomic mass is 32.2. The molecule has 0 fully saturated rings. The molecule has 0 heterocycles. The van der Waals surface area contributed by atoms with Crippen LogP contribution in [0.4, 0.5) is 0 Å². The predicted octanol–water partition coefficient (Wildman–Crippen LogP) is 4.84. The van der Waals surface area contributed by atoms with Crippen LogP contribution in [0.25, 0.3) is 0 Å². The molecule has 0 radical (unpaired) electrons. The first-order valence-electron chi connectivity index (χ1n) is 9.28. The Morgan fingerprint density at radius 3 is 1.83 bits per heavy atom. The van der Waals surface area contributed by atoms with Crippen molar-refractivity contribution in [2.24, 2.45) is 0 Å². The molecule has 4 aromatic carbocycles. The van der Waals surface area contributed by atoms with Gasteiger partial charge in [0.2, 0.25) is 0 Å². The van der Waals surface area contributed by atoms with Crippen molar-refractivity contribution < 1.29 is 13.0 Å². The van der Waals surface area contributed by atoms with E-state index in [0.717, 1.165) is 20.4 Å². The summed E-state index contributed by atoms with van der Waals surface area (Å²) < 4.78 is 34.2. The Morgan fingerprint density at radius 1 is 0.633 bits per heavy atom. The van der Waals surface area contributed by atoms with Gasteiger partial charge in [0.1, 0.15) is 4.90 Å². The molecular weight excluding hydrogens is 431 g/mol. The highest BCUT2D eigenvalue weighted by molar-refractivity contribution is 8.00. The molecule has 0 bridgehead atoms. The fraction of sp³-hybridized carbons (Fsp3) is 0. The first kappa shape index (κ1) is 20.8. The van der Waals surface area contributed by atoms with Crippen LogP contribution in [-0.2, 0) is 10.1 Å². The molecule has 6 heteroatoms. The van der Waals surface area contributed by atoms with Crippen LogP contribution in [0.2, 0.25) is 0 Å². The monoisotopic (exact) mass is 450 g/mol. The van der Waals surface area contributed by atoms with Crippen molar-refractivity contribution in [1.82, 2.24) is 0 Å². The lowest BCUT2D eigenvalue weighted by molar-refractivity contribution is 0.484. The average Bonchev–Trinajstić information content (AvgIpc) is 2.76. The molecule has 1 N–H and O–H groups in total. The van der Waals surface area contributed by atoms with E-state index < -0.39 is 18.0 Å². The van der Waals surface area contributed by atoms with E-state index in [-0.39, 0.29) is 4.90 Å². The molecule has 0 amide bonds. The standard InChI is InChI=1S/C24H19O3PS2/c25-30(26,27)24-18-10-8-16-22(24)28(19-11-3-1-4-12-19)21-15-7-9-17-23(21)29-20-13-5-2-6-14-20/h1-18H,(H,25,26,27). The quantitative estimate of drug-likeness (QED) is 0.337. The van der Waals surface area contributed by atoms with Crippen molar-refractivity contribution in [3.8, 4) is 0 Å². The van der Waals surface area contributed by atoms with Crippen LogP contribution in [0.3, 0.4) is 0 Å². The van der Waals surface area contributed by atoms with Gasteiger partial charge < -0.3 is 0 Å². The zero-order valence-electron chi connectivity index (χ0n) is 15.9. The van der Waals surface area contributed by atoms with E-state index in [1.807, 2.05) is 72.8 Å². The SMILES string of the molecule is O=S(=O)(O)c1ccccc1P(c1ccccc1)c1ccccc1Sc1ccccc1. The fourth-order valence-electron chi connectivity index (χ4n) is 3.19. The summed E-state index contributed by atoms with van der Waals surface area (Å²) in [6.07, 6.45) is 0. The molecule has 0 aliphatic carbocycles. The first-order valence-corrected chi connectivity index (χ1v) is 12.9. The Morgan fingerprint density at radius 2 is 1.17 bits per heavy atom. The Hall–Kier alpha value is -2.43. The lowest BCUT2D eigenvalue weighted by Gasteiger charge is -2.23. The molecule has 0 aromatic heterocycles. The fourth-order valence-corrected chi connectivity index (χ4v) is 8.01. The molecule has 0 saturated carbocycles. The highest BCUT2D eigenvalue weighted by Crippen LogP contribution is 2.40. The van der Waals surface area contributed by atoms with Crippen LogP contribution in [0.15, 0.2) is 124 Å².